The summed E-state index contributed by atoms with van der Waals surface area (Å²) >= 11 is 0. The van der Waals surface area contributed by atoms with Crippen molar-refractivity contribution in [1.82, 2.24) is 0 Å². The zero-order valence-electron chi connectivity index (χ0n) is 18.5. The molecule has 2 saturated heterocycles. The highest BCUT2D eigenvalue weighted by molar-refractivity contribution is 6.22. The number of benzene rings is 2. The quantitative estimate of drug-likeness (QED) is 0.162. The lowest BCUT2D eigenvalue weighted by Gasteiger charge is -2.17. The maximum absolute atomic E-state index is 12.8. The zero-order chi connectivity index (χ0) is 24.7. The van der Waals surface area contributed by atoms with E-state index in [1.165, 1.54) is 35.2 Å². The topological polar surface area (TPSA) is 127 Å². The first-order valence-corrected chi connectivity index (χ1v) is 11.2. The normalized spacial score (nSPS) is 23.5. The number of carbonyl (C=O) groups is 4. The number of ether oxygens (including phenoxy) is 1. The van der Waals surface area contributed by atoms with Gasteiger partial charge in [-0.25, -0.2) is 4.90 Å². The van der Waals surface area contributed by atoms with Crippen LogP contribution < -0.4 is 14.5 Å². The minimum absolute atomic E-state index is 0.0605. The second-order valence-electron chi connectivity index (χ2n) is 8.77. The number of nitrogens with zero attached hydrogens (tertiary/aromatic N) is 3. The number of esters is 1. The maximum Gasteiger partial charge on any atom is 0.316 e. The second-order valence-corrected chi connectivity index (χ2v) is 8.77. The minimum Gasteiger partial charge on any atom is -0.426 e. The fraction of sp³-hybridized carbons (Fsp3) is 0.280. The molecule has 178 valence electrons. The Morgan fingerprint density at radius 3 is 2.23 bits per heavy atom. The average molecular weight is 475 g/mol. The molecule has 2 fully saturated rings. The molecule has 1 aliphatic carbocycles. The molecule has 2 aliphatic heterocycles. The number of nitro benzene ring substituents is 1. The van der Waals surface area contributed by atoms with Crippen molar-refractivity contribution in [2.24, 2.45) is 17.8 Å². The van der Waals surface area contributed by atoms with E-state index in [9.17, 15) is 29.3 Å². The Balaban J connectivity index is 1.27. The van der Waals surface area contributed by atoms with Gasteiger partial charge in [0.2, 0.25) is 17.7 Å². The Morgan fingerprint density at radius 2 is 1.60 bits per heavy atom. The molecule has 2 aromatic rings. The number of nitro groups is 1. The van der Waals surface area contributed by atoms with Gasteiger partial charge in [-0.05, 0) is 37.1 Å². The highest BCUT2D eigenvalue weighted by atomic mass is 16.6. The van der Waals surface area contributed by atoms with Crippen molar-refractivity contribution in [2.45, 2.75) is 19.3 Å². The summed E-state index contributed by atoms with van der Waals surface area (Å²) in [5, 5.41) is 10.8. The summed E-state index contributed by atoms with van der Waals surface area (Å²) < 4.78 is 5.50. The van der Waals surface area contributed by atoms with E-state index in [0.717, 1.165) is 4.90 Å². The van der Waals surface area contributed by atoms with E-state index >= 15 is 0 Å². The SMILES string of the molecule is O=C(Oc1cccc(N2C(=O)[C@@H]3CC=CC[C@H]3C2=O)c1)[C@H]1CC(=O)N(c2ccc([N+](=O)[O-])cc2)C1. The van der Waals surface area contributed by atoms with Gasteiger partial charge >= 0.3 is 5.97 Å². The Bertz CT molecular complexity index is 1240. The Labute approximate surface area is 199 Å². The molecule has 3 amide bonds. The van der Waals surface area contributed by atoms with Gasteiger partial charge < -0.3 is 9.64 Å². The number of allylic oxidation sites excluding steroid dienone is 2. The molecule has 35 heavy (non-hydrogen) atoms. The summed E-state index contributed by atoms with van der Waals surface area (Å²) in [6, 6.07) is 11.8. The van der Waals surface area contributed by atoms with E-state index in [2.05, 4.69) is 0 Å². The van der Waals surface area contributed by atoms with E-state index in [1.54, 1.807) is 18.2 Å². The van der Waals surface area contributed by atoms with Gasteiger partial charge in [0, 0.05) is 36.9 Å². The third-order valence-electron chi connectivity index (χ3n) is 6.63. The predicted molar refractivity (Wildman–Crippen MR) is 123 cm³/mol. The minimum atomic E-state index is -0.731. The van der Waals surface area contributed by atoms with Gasteiger partial charge in [-0.3, -0.25) is 29.3 Å². The van der Waals surface area contributed by atoms with Gasteiger partial charge in [0.1, 0.15) is 5.75 Å². The lowest BCUT2D eigenvalue weighted by Crippen LogP contribution is -2.31. The maximum atomic E-state index is 12.8. The third kappa shape index (κ3) is 4.07. The highest BCUT2D eigenvalue weighted by Gasteiger charge is 2.48. The first-order valence-electron chi connectivity index (χ1n) is 11.2. The molecular weight excluding hydrogens is 454 g/mol. The van der Waals surface area contributed by atoms with Gasteiger partial charge in [0.05, 0.1) is 28.4 Å². The number of imide groups is 1. The Hall–Kier alpha value is -4.34. The van der Waals surface area contributed by atoms with Gasteiger partial charge in [-0.2, -0.15) is 0 Å². The molecule has 3 aliphatic rings. The molecule has 0 N–H and O–H groups in total. The Morgan fingerprint density at radius 1 is 0.943 bits per heavy atom. The van der Waals surface area contributed by atoms with E-state index in [-0.39, 0.29) is 54.0 Å². The summed E-state index contributed by atoms with van der Waals surface area (Å²) in [6.07, 6.45) is 4.82. The summed E-state index contributed by atoms with van der Waals surface area (Å²) in [5.41, 5.74) is 0.705. The van der Waals surface area contributed by atoms with Crippen LogP contribution in [0.5, 0.6) is 5.75 Å². The smallest absolute Gasteiger partial charge is 0.316 e. The van der Waals surface area contributed by atoms with Crippen molar-refractivity contribution in [3.8, 4) is 5.75 Å². The van der Waals surface area contributed by atoms with Crippen LogP contribution in [0, 0.1) is 27.9 Å². The van der Waals surface area contributed by atoms with Crippen molar-refractivity contribution in [3.05, 3.63) is 70.8 Å². The van der Waals surface area contributed by atoms with Gasteiger partial charge in [0.25, 0.3) is 5.69 Å². The molecule has 2 heterocycles. The number of carbonyl (C=O) groups excluding carboxylic acids is 4. The van der Waals surface area contributed by atoms with Crippen molar-refractivity contribution < 1.29 is 28.8 Å². The summed E-state index contributed by atoms with van der Waals surface area (Å²) in [6.45, 7) is 0.0780. The molecule has 0 radical (unpaired) electrons. The monoisotopic (exact) mass is 475 g/mol. The van der Waals surface area contributed by atoms with Gasteiger partial charge in [-0.1, -0.05) is 18.2 Å². The standard InChI is InChI=1S/C25H21N3O7/c29-22-12-15(14-26(22)16-8-10-17(11-9-16)28(33)34)25(32)35-19-5-3-4-18(13-19)27-23(30)20-6-1-2-7-21(20)24(27)31/h1-5,8-11,13,15,20-21H,6-7,12,14H2/t15-,20+,21+/m0/s1. The van der Waals surface area contributed by atoms with Crippen LogP contribution in [0.4, 0.5) is 17.1 Å². The number of fused-ring (bicyclic) bond motifs is 1. The number of hydrogen-bond donors (Lipinski definition) is 0. The largest absolute Gasteiger partial charge is 0.426 e. The fourth-order valence-electron chi connectivity index (χ4n) is 4.81. The summed E-state index contributed by atoms with van der Waals surface area (Å²) in [4.78, 5) is 63.8. The molecule has 0 bridgehead atoms. The van der Waals surface area contributed by atoms with Crippen LogP contribution in [0.1, 0.15) is 19.3 Å². The van der Waals surface area contributed by atoms with Crippen LogP contribution >= 0.6 is 0 Å². The third-order valence-corrected chi connectivity index (χ3v) is 6.63. The molecular formula is C25H21N3O7. The predicted octanol–water partition coefficient (Wildman–Crippen LogP) is 3.01. The molecule has 0 unspecified atom stereocenters. The van der Waals surface area contributed by atoms with Crippen molar-refractivity contribution in [2.75, 3.05) is 16.3 Å². The number of anilines is 2. The number of amides is 3. The number of rotatable bonds is 5. The van der Waals surface area contributed by atoms with E-state index in [0.29, 0.717) is 24.2 Å². The second kappa shape index (κ2) is 8.79. The highest BCUT2D eigenvalue weighted by Crippen LogP contribution is 2.38. The lowest BCUT2D eigenvalue weighted by molar-refractivity contribution is -0.384. The first-order chi connectivity index (χ1) is 16.8. The molecule has 10 heteroatoms. The Kier molecular flexibility index (Phi) is 5.64. The lowest BCUT2D eigenvalue weighted by atomic mass is 9.85. The van der Waals surface area contributed by atoms with Crippen molar-refractivity contribution >= 4 is 40.8 Å². The molecule has 5 rings (SSSR count). The molecule has 10 nitrogen and oxygen atoms in total. The molecule has 3 atom stereocenters. The van der Waals surface area contributed by atoms with Crippen LogP contribution in [0.15, 0.2) is 60.7 Å². The zero-order valence-corrected chi connectivity index (χ0v) is 18.5. The average Bonchev–Trinajstić information content (AvgIpc) is 3.37. The summed E-state index contributed by atoms with van der Waals surface area (Å²) in [7, 11) is 0. The molecule has 2 aromatic carbocycles. The number of hydrogen-bond acceptors (Lipinski definition) is 7. The fourth-order valence-corrected chi connectivity index (χ4v) is 4.81. The van der Waals surface area contributed by atoms with Crippen LogP contribution in [-0.2, 0) is 19.2 Å². The molecule has 0 saturated carbocycles. The molecule has 0 spiro atoms. The van der Waals surface area contributed by atoms with Crippen molar-refractivity contribution in [3.63, 3.8) is 0 Å². The van der Waals surface area contributed by atoms with E-state index in [1.807, 2.05) is 12.2 Å². The van der Waals surface area contributed by atoms with Gasteiger partial charge in [0.15, 0.2) is 0 Å². The van der Waals surface area contributed by atoms with E-state index < -0.39 is 16.8 Å². The van der Waals surface area contributed by atoms with Crippen LogP contribution in [0.3, 0.4) is 0 Å². The number of non-ortho nitro benzene ring substituents is 1. The van der Waals surface area contributed by atoms with Crippen LogP contribution in [0.25, 0.3) is 0 Å². The summed E-state index contributed by atoms with van der Waals surface area (Å²) in [5.74, 6) is -2.72. The molecule has 0 aromatic heterocycles. The van der Waals surface area contributed by atoms with Crippen LogP contribution in [0.2, 0.25) is 0 Å². The van der Waals surface area contributed by atoms with Crippen LogP contribution in [-0.4, -0.2) is 35.2 Å². The van der Waals surface area contributed by atoms with Crippen molar-refractivity contribution in [1.29, 1.82) is 0 Å². The van der Waals surface area contributed by atoms with Gasteiger partial charge in [-0.15, -0.1) is 0 Å². The first kappa shape index (κ1) is 22.5. The van der Waals surface area contributed by atoms with E-state index in [4.69, 9.17) is 4.74 Å².